The normalized spacial score (nSPS) is 18.3. The van der Waals surface area contributed by atoms with Gasteiger partial charge in [-0.25, -0.2) is 4.98 Å². The summed E-state index contributed by atoms with van der Waals surface area (Å²) < 4.78 is 18.6. The van der Waals surface area contributed by atoms with Gasteiger partial charge in [-0.2, -0.15) is 4.98 Å². The van der Waals surface area contributed by atoms with Gasteiger partial charge in [0.15, 0.2) is 10.7 Å². The van der Waals surface area contributed by atoms with E-state index in [1.807, 2.05) is 38.1 Å². The summed E-state index contributed by atoms with van der Waals surface area (Å²) in [5, 5.41) is 6.67. The Morgan fingerprint density at radius 1 is 1.29 bits per heavy atom. The van der Waals surface area contributed by atoms with Gasteiger partial charge in [0.1, 0.15) is 16.0 Å². The minimum atomic E-state index is -1.24. The van der Waals surface area contributed by atoms with Crippen molar-refractivity contribution in [2.45, 2.75) is 44.9 Å². The van der Waals surface area contributed by atoms with Crippen LogP contribution in [0.2, 0.25) is 5.02 Å². The molecule has 1 amide bonds. The Hall–Kier alpha value is -3.52. The van der Waals surface area contributed by atoms with Crippen molar-refractivity contribution >= 4 is 52.4 Å². The summed E-state index contributed by atoms with van der Waals surface area (Å²) >= 11 is 5.20. The molecule has 0 saturated heterocycles. The van der Waals surface area contributed by atoms with Crippen LogP contribution in [0, 0.1) is 11.8 Å². The first-order valence-electron chi connectivity index (χ1n) is 12.1. The number of ether oxygens (including phenoxy) is 1. The number of nitrogens with one attached hydrogen (secondary N) is 2. The third kappa shape index (κ3) is 6.30. The Kier molecular flexibility index (Phi) is 8.94. The maximum atomic E-state index is 13.0. The van der Waals surface area contributed by atoms with E-state index >= 15 is 0 Å². The van der Waals surface area contributed by atoms with Crippen molar-refractivity contribution in [2.75, 3.05) is 24.3 Å². The number of carbonyl (C=O) groups is 2. The third-order valence-electron chi connectivity index (χ3n) is 6.03. The van der Waals surface area contributed by atoms with Gasteiger partial charge in [0, 0.05) is 19.5 Å². The van der Waals surface area contributed by atoms with E-state index < -0.39 is 17.1 Å². The fraction of sp³-hybridized carbons (Fsp3) is 0.333. The lowest BCUT2D eigenvalue weighted by Crippen LogP contribution is -2.36. The molecular weight excluding hydrogens is 526 g/mol. The Bertz CT molecular complexity index is 1370. The number of amides is 1. The lowest BCUT2D eigenvalue weighted by atomic mass is 9.98. The van der Waals surface area contributed by atoms with Crippen molar-refractivity contribution in [3.63, 3.8) is 0 Å². The second-order valence-electron chi connectivity index (χ2n) is 8.91. The van der Waals surface area contributed by atoms with Gasteiger partial charge in [0.05, 0.1) is 31.1 Å². The molecule has 0 bridgehead atoms. The number of anilines is 3. The van der Waals surface area contributed by atoms with Crippen molar-refractivity contribution < 1.29 is 18.9 Å². The standard InChI is InChI=1S/C27H28ClN5O4S/c1-17(2)38(36)24-9-7-5-4-6-8-21(24)30-26-20(28)14-29-27(32-26)31-22-12-18-10-11-33(25(35)16-34)15-19(18)13-23(22)37-3/h7,9,12-14,16-17H,5,8,10-11,15H2,1-3H3,(H2,29,30,31,32)/b9-7-,24-21-. The zero-order chi connectivity index (χ0) is 27.2. The Morgan fingerprint density at radius 3 is 2.84 bits per heavy atom. The van der Waals surface area contributed by atoms with Crippen LogP contribution >= 0.6 is 11.6 Å². The maximum Gasteiger partial charge on any atom is 0.286 e. The fourth-order valence-electron chi connectivity index (χ4n) is 4.08. The van der Waals surface area contributed by atoms with Crippen LogP contribution in [0.5, 0.6) is 5.75 Å². The minimum Gasteiger partial charge on any atom is -0.611 e. The van der Waals surface area contributed by atoms with E-state index in [-0.39, 0.29) is 11.2 Å². The zero-order valence-corrected chi connectivity index (χ0v) is 22.9. The first kappa shape index (κ1) is 27.5. The molecule has 2 N–H and O–H groups in total. The molecule has 1 unspecified atom stereocenters. The Morgan fingerprint density at radius 2 is 2.11 bits per heavy atom. The molecule has 0 radical (unpaired) electrons. The van der Waals surface area contributed by atoms with Crippen LogP contribution in [0.4, 0.5) is 17.5 Å². The largest absolute Gasteiger partial charge is 0.611 e. The number of fused-ring (bicyclic) bond motifs is 1. The van der Waals surface area contributed by atoms with Gasteiger partial charge < -0.3 is 24.8 Å². The number of rotatable bonds is 8. The number of aromatic nitrogens is 2. The average Bonchev–Trinajstić information content (AvgIpc) is 2.90. The Balaban J connectivity index is 1.62. The number of allylic oxidation sites excluding steroid dienone is 3. The highest BCUT2D eigenvalue weighted by Gasteiger charge is 2.24. The first-order chi connectivity index (χ1) is 18.3. The molecule has 1 aromatic carbocycles. The molecule has 38 heavy (non-hydrogen) atoms. The summed E-state index contributed by atoms with van der Waals surface area (Å²) in [5.74, 6) is 6.79. The number of carbonyl (C=O) groups excluding carboxylic acids is 2. The number of aldehydes is 1. The van der Waals surface area contributed by atoms with E-state index in [1.54, 1.807) is 7.11 Å². The number of hydrogen-bond donors (Lipinski definition) is 2. The van der Waals surface area contributed by atoms with Gasteiger partial charge in [0.25, 0.3) is 5.91 Å². The summed E-state index contributed by atoms with van der Waals surface area (Å²) in [4.78, 5) is 33.8. The van der Waals surface area contributed by atoms with E-state index in [0.29, 0.717) is 71.5 Å². The van der Waals surface area contributed by atoms with Crippen molar-refractivity contribution in [1.29, 1.82) is 0 Å². The van der Waals surface area contributed by atoms with Crippen LogP contribution < -0.4 is 15.4 Å². The van der Waals surface area contributed by atoms with Gasteiger partial charge in [-0.1, -0.05) is 29.5 Å². The van der Waals surface area contributed by atoms with E-state index in [0.717, 1.165) is 11.1 Å². The molecule has 0 fully saturated rings. The molecule has 2 heterocycles. The number of methoxy groups -OCH3 is 1. The van der Waals surface area contributed by atoms with Crippen LogP contribution in [-0.4, -0.2) is 50.5 Å². The first-order valence-corrected chi connectivity index (χ1v) is 13.7. The molecule has 1 aliphatic heterocycles. The topological polar surface area (TPSA) is 120 Å². The molecule has 198 valence electrons. The predicted octanol–water partition coefficient (Wildman–Crippen LogP) is 4.10. The molecular formula is C27H28ClN5O4S. The SMILES string of the molecule is COc1cc2c(cc1Nc1ncc(Cl)c(N/C3=C([S+]([O-])C(C)C)/C=C\CC#CC3)n1)CCN(C(=O)C=O)C2. The van der Waals surface area contributed by atoms with E-state index in [2.05, 4.69) is 32.4 Å². The lowest BCUT2D eigenvalue weighted by molar-refractivity contribution is -0.139. The fourth-order valence-corrected chi connectivity index (χ4v) is 5.32. The highest BCUT2D eigenvalue weighted by Crippen LogP contribution is 2.34. The van der Waals surface area contributed by atoms with E-state index in [4.69, 9.17) is 16.3 Å². The van der Waals surface area contributed by atoms with Gasteiger partial charge in [-0.05, 0) is 60.8 Å². The molecule has 4 rings (SSSR count). The van der Waals surface area contributed by atoms with Gasteiger partial charge >= 0.3 is 0 Å². The third-order valence-corrected chi connectivity index (χ3v) is 7.98. The van der Waals surface area contributed by atoms with E-state index in [9.17, 15) is 14.1 Å². The van der Waals surface area contributed by atoms with Crippen LogP contribution in [0.25, 0.3) is 0 Å². The van der Waals surface area contributed by atoms with E-state index in [1.165, 1.54) is 11.1 Å². The summed E-state index contributed by atoms with van der Waals surface area (Å²) in [6, 6.07) is 3.78. The molecule has 9 nitrogen and oxygen atoms in total. The summed E-state index contributed by atoms with van der Waals surface area (Å²) in [6.45, 7) is 4.60. The smallest absolute Gasteiger partial charge is 0.286 e. The van der Waals surface area contributed by atoms with Crippen molar-refractivity contribution in [1.82, 2.24) is 14.9 Å². The minimum absolute atomic E-state index is 0.0722. The van der Waals surface area contributed by atoms with Gasteiger partial charge in [0.2, 0.25) is 12.2 Å². The molecule has 11 heteroatoms. The monoisotopic (exact) mass is 553 g/mol. The predicted molar refractivity (Wildman–Crippen MR) is 149 cm³/mol. The number of benzene rings is 1. The molecule has 2 aliphatic rings. The second-order valence-corrected chi connectivity index (χ2v) is 11.3. The van der Waals surface area contributed by atoms with Gasteiger partial charge in [-0.3, -0.25) is 9.59 Å². The van der Waals surface area contributed by atoms with Gasteiger partial charge in [-0.15, -0.1) is 0 Å². The lowest BCUT2D eigenvalue weighted by Gasteiger charge is -2.28. The number of halogens is 1. The highest BCUT2D eigenvalue weighted by molar-refractivity contribution is 7.96. The zero-order valence-electron chi connectivity index (χ0n) is 21.3. The van der Waals surface area contributed by atoms with Crippen molar-refractivity contribution in [3.8, 4) is 17.6 Å². The molecule has 0 saturated carbocycles. The average molecular weight is 554 g/mol. The number of hydrogen-bond acceptors (Lipinski definition) is 8. The summed E-state index contributed by atoms with van der Waals surface area (Å²) in [5.41, 5.74) is 3.26. The molecule has 1 aromatic heterocycles. The highest BCUT2D eigenvalue weighted by atomic mass is 35.5. The summed E-state index contributed by atoms with van der Waals surface area (Å²) in [6.07, 6.45) is 7.14. The van der Waals surface area contributed by atoms with Crippen molar-refractivity contribution in [2.24, 2.45) is 0 Å². The molecule has 1 atom stereocenters. The maximum absolute atomic E-state index is 13.0. The Labute approximate surface area is 229 Å². The molecule has 2 aromatic rings. The molecule has 0 spiro atoms. The van der Waals surface area contributed by atoms with Crippen LogP contribution in [0.3, 0.4) is 0 Å². The second kappa shape index (κ2) is 12.3. The van der Waals surface area contributed by atoms with Crippen molar-refractivity contribution in [3.05, 3.63) is 57.2 Å². The van der Waals surface area contributed by atoms with Crippen LogP contribution in [-0.2, 0) is 33.7 Å². The van der Waals surface area contributed by atoms with Crippen LogP contribution in [0.1, 0.15) is 37.8 Å². The summed E-state index contributed by atoms with van der Waals surface area (Å²) in [7, 11) is 1.55. The molecule has 1 aliphatic carbocycles. The van der Waals surface area contributed by atoms with Crippen LogP contribution in [0.15, 0.2) is 41.1 Å². The quantitative estimate of drug-likeness (QED) is 0.217. The number of nitrogens with zero attached hydrogens (tertiary/aromatic N) is 3.